The Morgan fingerprint density at radius 2 is 1.61 bits per heavy atom. The number of carbonyl (C=O) groups is 4. The fourth-order valence-corrected chi connectivity index (χ4v) is 3.62. The molecule has 0 aliphatic carbocycles. The number of hydrogen-bond donors (Lipinski definition) is 2. The van der Waals surface area contributed by atoms with E-state index in [1.165, 1.54) is 37.7 Å². The zero-order chi connectivity index (χ0) is 24.4. The zero-order valence-corrected chi connectivity index (χ0v) is 19.6. The molecule has 0 saturated heterocycles. The predicted molar refractivity (Wildman–Crippen MR) is 121 cm³/mol. The summed E-state index contributed by atoms with van der Waals surface area (Å²) in [6.07, 6.45) is 0.681. The van der Waals surface area contributed by atoms with Crippen LogP contribution in [0, 0.1) is 0 Å². The van der Waals surface area contributed by atoms with Crippen LogP contribution in [0.2, 0.25) is 0 Å². The Morgan fingerprint density at radius 1 is 0.939 bits per heavy atom. The summed E-state index contributed by atoms with van der Waals surface area (Å²) >= 11 is 1.24. The number of hydrogen-bond acceptors (Lipinski definition) is 9. The van der Waals surface area contributed by atoms with Crippen LogP contribution < -0.4 is 20.1 Å². The van der Waals surface area contributed by atoms with Gasteiger partial charge < -0.3 is 29.6 Å². The number of anilines is 1. The van der Waals surface area contributed by atoms with E-state index in [1.807, 2.05) is 6.92 Å². The van der Waals surface area contributed by atoms with Crippen molar-refractivity contribution < 1.29 is 38.1 Å². The monoisotopic (exact) mass is 478 g/mol. The van der Waals surface area contributed by atoms with E-state index in [-0.39, 0.29) is 17.7 Å². The largest absolute Gasteiger partial charge is 0.497 e. The average molecular weight is 479 g/mol. The lowest BCUT2D eigenvalue weighted by atomic mass is 10.2. The molecule has 10 nitrogen and oxygen atoms in total. The van der Waals surface area contributed by atoms with Crippen molar-refractivity contribution in [3.63, 3.8) is 0 Å². The second kappa shape index (κ2) is 12.4. The van der Waals surface area contributed by atoms with Crippen molar-refractivity contribution in [3.8, 4) is 11.5 Å². The Balaban J connectivity index is 1.88. The summed E-state index contributed by atoms with van der Waals surface area (Å²) in [5.74, 6) is -1.68. The Bertz CT molecular complexity index is 996. The fraction of sp³-hybridized carbons (Fsp3) is 0.364. The molecule has 0 atom stereocenters. The molecule has 33 heavy (non-hydrogen) atoms. The minimum absolute atomic E-state index is 0.204. The van der Waals surface area contributed by atoms with Gasteiger partial charge in [0.2, 0.25) is 0 Å². The van der Waals surface area contributed by atoms with Gasteiger partial charge in [-0.05, 0) is 31.5 Å². The molecule has 2 amide bonds. The van der Waals surface area contributed by atoms with Crippen molar-refractivity contribution in [1.82, 2.24) is 5.32 Å². The number of thiophene rings is 1. The molecule has 2 rings (SSSR count). The van der Waals surface area contributed by atoms with Crippen LogP contribution in [0.4, 0.5) is 5.00 Å². The first-order chi connectivity index (χ1) is 15.8. The third-order valence-electron chi connectivity index (χ3n) is 4.25. The number of amides is 2. The van der Waals surface area contributed by atoms with Crippen LogP contribution in [0.25, 0.3) is 0 Å². The normalized spacial score (nSPS) is 10.2. The zero-order valence-electron chi connectivity index (χ0n) is 18.8. The molecule has 0 radical (unpaired) electrons. The highest BCUT2D eigenvalue weighted by molar-refractivity contribution is 7.16. The number of nitrogens with one attached hydrogen (secondary N) is 2. The van der Waals surface area contributed by atoms with E-state index in [4.69, 9.17) is 18.9 Å². The van der Waals surface area contributed by atoms with Gasteiger partial charge in [-0.1, -0.05) is 6.92 Å². The van der Waals surface area contributed by atoms with Gasteiger partial charge in [-0.3, -0.25) is 14.4 Å². The van der Waals surface area contributed by atoms with E-state index in [2.05, 4.69) is 10.6 Å². The molecule has 1 aromatic heterocycles. The maximum Gasteiger partial charge on any atom is 0.341 e. The van der Waals surface area contributed by atoms with Crippen molar-refractivity contribution in [2.45, 2.75) is 20.3 Å². The van der Waals surface area contributed by atoms with Crippen LogP contribution in [0.1, 0.15) is 39.4 Å². The van der Waals surface area contributed by atoms with Crippen molar-refractivity contribution in [2.24, 2.45) is 0 Å². The van der Waals surface area contributed by atoms with Crippen molar-refractivity contribution in [2.75, 3.05) is 39.3 Å². The molecule has 1 heterocycles. The summed E-state index contributed by atoms with van der Waals surface area (Å²) in [6, 6.07) is 6.24. The minimum atomic E-state index is -0.806. The van der Waals surface area contributed by atoms with Gasteiger partial charge in [0.15, 0.2) is 6.61 Å². The van der Waals surface area contributed by atoms with E-state index in [9.17, 15) is 19.2 Å². The van der Waals surface area contributed by atoms with Crippen LogP contribution in [-0.2, 0) is 25.5 Å². The van der Waals surface area contributed by atoms with Crippen molar-refractivity contribution in [1.29, 1.82) is 0 Å². The lowest BCUT2D eigenvalue weighted by Crippen LogP contribution is -2.32. The van der Waals surface area contributed by atoms with Crippen molar-refractivity contribution in [3.05, 3.63) is 40.3 Å². The Labute approximate surface area is 195 Å². The van der Waals surface area contributed by atoms with E-state index >= 15 is 0 Å². The van der Waals surface area contributed by atoms with E-state index < -0.39 is 36.9 Å². The average Bonchev–Trinajstić information content (AvgIpc) is 3.23. The molecule has 1 aromatic carbocycles. The predicted octanol–water partition coefficient (Wildman–Crippen LogP) is 2.42. The number of rotatable bonds is 11. The Hall–Kier alpha value is -3.60. The van der Waals surface area contributed by atoms with Crippen LogP contribution in [0.15, 0.2) is 24.3 Å². The molecule has 0 unspecified atom stereocenters. The first-order valence-corrected chi connectivity index (χ1v) is 10.9. The summed E-state index contributed by atoms with van der Waals surface area (Å²) in [7, 11) is 2.90. The Morgan fingerprint density at radius 3 is 2.18 bits per heavy atom. The number of esters is 2. The van der Waals surface area contributed by atoms with Gasteiger partial charge in [0.25, 0.3) is 11.8 Å². The smallest absolute Gasteiger partial charge is 0.341 e. The number of methoxy groups -OCH3 is 2. The molecule has 2 aromatic rings. The first-order valence-electron chi connectivity index (χ1n) is 10.1. The second-order valence-corrected chi connectivity index (χ2v) is 7.66. The van der Waals surface area contributed by atoms with Gasteiger partial charge in [-0.2, -0.15) is 0 Å². The van der Waals surface area contributed by atoms with Gasteiger partial charge >= 0.3 is 11.9 Å². The van der Waals surface area contributed by atoms with Gasteiger partial charge in [-0.25, -0.2) is 4.79 Å². The standard InChI is InChI=1S/C22H26N2O8S/c1-5-16-10-17(22(28)31-6-2)21(33-16)24-18(25)12-32-19(26)11-23-20(27)13-7-14(29-3)9-15(8-13)30-4/h7-10H,5-6,11-12H2,1-4H3,(H,23,27)(H,24,25). The number of carbonyl (C=O) groups excluding carboxylic acids is 4. The summed E-state index contributed by atoms with van der Waals surface area (Å²) in [6.45, 7) is 2.79. The highest BCUT2D eigenvalue weighted by Gasteiger charge is 2.19. The molecule has 2 N–H and O–H groups in total. The summed E-state index contributed by atoms with van der Waals surface area (Å²) in [5.41, 5.74) is 0.479. The number of aryl methyl sites for hydroxylation is 1. The number of ether oxygens (including phenoxy) is 4. The first kappa shape index (κ1) is 25.7. The molecule has 0 spiro atoms. The third-order valence-corrected chi connectivity index (χ3v) is 5.45. The summed E-state index contributed by atoms with van der Waals surface area (Å²) < 4.78 is 20.1. The minimum Gasteiger partial charge on any atom is -0.497 e. The van der Waals surface area contributed by atoms with Crippen LogP contribution in [-0.4, -0.2) is 57.7 Å². The molecule has 11 heteroatoms. The lowest BCUT2D eigenvalue weighted by molar-refractivity contribution is -0.146. The van der Waals surface area contributed by atoms with Gasteiger partial charge in [-0.15, -0.1) is 11.3 Å². The number of benzene rings is 1. The van der Waals surface area contributed by atoms with Gasteiger partial charge in [0.1, 0.15) is 23.0 Å². The summed E-state index contributed by atoms with van der Waals surface area (Å²) in [4.78, 5) is 49.4. The fourth-order valence-electron chi connectivity index (χ4n) is 2.62. The van der Waals surface area contributed by atoms with E-state index in [0.29, 0.717) is 22.9 Å². The molecule has 178 valence electrons. The highest BCUT2D eigenvalue weighted by Crippen LogP contribution is 2.29. The van der Waals surface area contributed by atoms with Crippen LogP contribution >= 0.6 is 11.3 Å². The third kappa shape index (κ3) is 7.49. The van der Waals surface area contributed by atoms with Gasteiger partial charge in [0.05, 0.1) is 26.4 Å². The quantitative estimate of drug-likeness (QED) is 0.471. The molecule has 0 aliphatic heterocycles. The molecule has 0 bridgehead atoms. The van der Waals surface area contributed by atoms with Crippen molar-refractivity contribution >= 4 is 40.1 Å². The maximum absolute atomic E-state index is 12.3. The van der Waals surface area contributed by atoms with Gasteiger partial charge in [0, 0.05) is 16.5 Å². The summed E-state index contributed by atoms with van der Waals surface area (Å²) in [5, 5.41) is 5.30. The molecule has 0 aliphatic rings. The second-order valence-electron chi connectivity index (χ2n) is 6.52. The lowest BCUT2D eigenvalue weighted by Gasteiger charge is -2.10. The molecular formula is C22H26N2O8S. The van der Waals surface area contributed by atoms with E-state index in [0.717, 1.165) is 4.88 Å². The molecule has 0 fully saturated rings. The molecule has 0 saturated carbocycles. The van der Waals surface area contributed by atoms with Crippen LogP contribution in [0.5, 0.6) is 11.5 Å². The van der Waals surface area contributed by atoms with Crippen LogP contribution in [0.3, 0.4) is 0 Å². The maximum atomic E-state index is 12.3. The SMILES string of the molecule is CCOC(=O)c1cc(CC)sc1NC(=O)COC(=O)CNC(=O)c1cc(OC)cc(OC)c1. The molecular weight excluding hydrogens is 452 g/mol. The topological polar surface area (TPSA) is 129 Å². The highest BCUT2D eigenvalue weighted by atomic mass is 32.1. The Kier molecular flexibility index (Phi) is 9.67. The van der Waals surface area contributed by atoms with E-state index in [1.54, 1.807) is 19.1 Å².